The Bertz CT molecular complexity index is 966. The largest absolute Gasteiger partial charge is 0.361 e. The highest BCUT2D eigenvalue weighted by Crippen LogP contribution is 2.24. The second kappa shape index (κ2) is 6.26. The highest BCUT2D eigenvalue weighted by atomic mass is 35.5. The number of fused-ring (bicyclic) bond motifs is 1. The molecule has 0 bridgehead atoms. The maximum absolute atomic E-state index is 12.6. The first kappa shape index (κ1) is 15.7. The van der Waals surface area contributed by atoms with E-state index in [1.807, 2.05) is 30.5 Å². The molecule has 2 heterocycles. The Kier molecular flexibility index (Phi) is 3.93. The molecule has 2 aromatic carbocycles. The average molecular weight is 354 g/mol. The summed E-state index contributed by atoms with van der Waals surface area (Å²) in [5.74, 6) is -0.362. The van der Waals surface area contributed by atoms with Gasteiger partial charge in [0.15, 0.2) is 0 Å². The van der Waals surface area contributed by atoms with Crippen LogP contribution in [0.5, 0.6) is 0 Å². The molecule has 3 aromatic rings. The molecule has 126 valence electrons. The van der Waals surface area contributed by atoms with Crippen LogP contribution >= 0.6 is 11.6 Å². The van der Waals surface area contributed by atoms with Crippen LogP contribution in [0, 0.1) is 0 Å². The first-order valence-corrected chi connectivity index (χ1v) is 8.44. The zero-order valence-electron chi connectivity index (χ0n) is 13.3. The zero-order chi connectivity index (χ0) is 17.4. The molecule has 1 unspecified atom stereocenters. The third-order valence-corrected chi connectivity index (χ3v) is 4.68. The van der Waals surface area contributed by atoms with Crippen LogP contribution in [0.1, 0.15) is 16.8 Å². The topological polar surface area (TPSA) is 65.2 Å². The first-order valence-electron chi connectivity index (χ1n) is 8.07. The number of H-pyrrole nitrogens is 1. The molecular formula is C19H16ClN3O2. The van der Waals surface area contributed by atoms with E-state index >= 15 is 0 Å². The normalized spacial score (nSPS) is 17.2. The lowest BCUT2D eigenvalue weighted by Crippen LogP contribution is -2.41. The number of carbonyl (C=O) groups excluding carboxylic acids is 2. The van der Waals surface area contributed by atoms with Gasteiger partial charge in [-0.25, -0.2) is 0 Å². The van der Waals surface area contributed by atoms with E-state index in [1.165, 1.54) is 0 Å². The molecular weight excluding hydrogens is 338 g/mol. The van der Waals surface area contributed by atoms with Crippen molar-refractivity contribution >= 4 is 40.0 Å². The van der Waals surface area contributed by atoms with E-state index in [1.54, 1.807) is 29.2 Å². The Morgan fingerprint density at radius 3 is 2.92 bits per heavy atom. The van der Waals surface area contributed by atoms with E-state index in [0.717, 1.165) is 16.6 Å². The van der Waals surface area contributed by atoms with Crippen LogP contribution < -0.4 is 10.2 Å². The molecule has 5 nitrogen and oxygen atoms in total. The minimum absolute atomic E-state index is 0.114. The lowest BCUT2D eigenvalue weighted by molar-refractivity contribution is -0.118. The lowest BCUT2D eigenvalue weighted by Gasteiger charge is -2.17. The van der Waals surface area contributed by atoms with Crippen molar-refractivity contribution in [2.24, 2.45) is 0 Å². The number of carbonyl (C=O) groups is 2. The molecule has 1 aliphatic heterocycles. The van der Waals surface area contributed by atoms with Crippen molar-refractivity contribution in [1.82, 2.24) is 10.3 Å². The van der Waals surface area contributed by atoms with E-state index in [2.05, 4.69) is 10.3 Å². The van der Waals surface area contributed by atoms with Crippen LogP contribution in [0.3, 0.4) is 0 Å². The number of rotatable bonds is 3. The molecule has 2 N–H and O–H groups in total. The third kappa shape index (κ3) is 2.98. The van der Waals surface area contributed by atoms with Crippen molar-refractivity contribution < 1.29 is 9.59 Å². The first-order chi connectivity index (χ1) is 12.1. The minimum Gasteiger partial charge on any atom is -0.361 e. The van der Waals surface area contributed by atoms with Gasteiger partial charge in [0.1, 0.15) is 6.04 Å². The predicted molar refractivity (Wildman–Crippen MR) is 98.0 cm³/mol. The molecule has 0 aliphatic carbocycles. The number of benzene rings is 2. The smallest absolute Gasteiger partial charge is 0.252 e. The number of hydrogen-bond acceptors (Lipinski definition) is 2. The summed E-state index contributed by atoms with van der Waals surface area (Å²) in [5, 5.41) is 4.46. The molecule has 0 saturated carbocycles. The Balaban J connectivity index is 1.49. The van der Waals surface area contributed by atoms with Gasteiger partial charge < -0.3 is 15.2 Å². The van der Waals surface area contributed by atoms with Gasteiger partial charge in [0, 0.05) is 34.5 Å². The van der Waals surface area contributed by atoms with E-state index < -0.39 is 6.04 Å². The van der Waals surface area contributed by atoms with Gasteiger partial charge in [-0.15, -0.1) is 0 Å². The quantitative estimate of drug-likeness (QED) is 0.758. The highest BCUT2D eigenvalue weighted by Gasteiger charge is 2.33. The molecule has 4 rings (SSSR count). The maximum Gasteiger partial charge on any atom is 0.252 e. The summed E-state index contributed by atoms with van der Waals surface area (Å²) in [7, 11) is 0. The van der Waals surface area contributed by atoms with Gasteiger partial charge in [0.2, 0.25) is 5.91 Å². The monoisotopic (exact) mass is 353 g/mol. The van der Waals surface area contributed by atoms with Crippen molar-refractivity contribution in [3.8, 4) is 0 Å². The highest BCUT2D eigenvalue weighted by molar-refractivity contribution is 6.31. The van der Waals surface area contributed by atoms with Gasteiger partial charge in [-0.05, 0) is 48.2 Å². The van der Waals surface area contributed by atoms with E-state index in [4.69, 9.17) is 11.6 Å². The molecule has 25 heavy (non-hydrogen) atoms. The van der Waals surface area contributed by atoms with Crippen molar-refractivity contribution in [2.45, 2.75) is 12.5 Å². The fourth-order valence-corrected chi connectivity index (χ4v) is 3.33. The number of aromatic amines is 1. The van der Waals surface area contributed by atoms with Gasteiger partial charge in [-0.3, -0.25) is 9.59 Å². The summed E-state index contributed by atoms with van der Waals surface area (Å²) in [4.78, 5) is 29.9. The van der Waals surface area contributed by atoms with Gasteiger partial charge in [-0.2, -0.15) is 0 Å². The van der Waals surface area contributed by atoms with Crippen LogP contribution in [0.15, 0.2) is 54.7 Å². The Morgan fingerprint density at radius 1 is 1.20 bits per heavy atom. The van der Waals surface area contributed by atoms with E-state index in [-0.39, 0.29) is 11.8 Å². The van der Waals surface area contributed by atoms with Gasteiger partial charge >= 0.3 is 0 Å². The molecule has 2 amide bonds. The fourth-order valence-electron chi connectivity index (χ4n) is 3.14. The summed E-state index contributed by atoms with van der Waals surface area (Å²) in [6.45, 7) is 0.555. The summed E-state index contributed by atoms with van der Waals surface area (Å²) in [6, 6.07) is 14.0. The Hall–Kier alpha value is -2.79. The van der Waals surface area contributed by atoms with E-state index in [9.17, 15) is 9.59 Å². The fraction of sp³-hybridized carbons (Fsp3) is 0.158. The van der Waals surface area contributed by atoms with Crippen molar-refractivity contribution in [2.75, 3.05) is 11.4 Å². The molecule has 1 atom stereocenters. The van der Waals surface area contributed by atoms with Crippen LogP contribution in [0.2, 0.25) is 5.02 Å². The standard InChI is InChI=1S/C19H16ClN3O2/c20-14-2-1-3-15(11-14)23-9-7-16(19(23)25)22-18(24)13-5-4-12-6-8-21-17(12)10-13/h1-6,8,10-11,16,21H,7,9H2,(H,22,24). The summed E-state index contributed by atoms with van der Waals surface area (Å²) >= 11 is 6.00. The number of aromatic nitrogens is 1. The third-order valence-electron chi connectivity index (χ3n) is 4.45. The van der Waals surface area contributed by atoms with Crippen molar-refractivity contribution in [1.29, 1.82) is 0 Å². The minimum atomic E-state index is -0.522. The second-order valence-corrected chi connectivity index (χ2v) is 6.50. The molecule has 1 aromatic heterocycles. The van der Waals surface area contributed by atoms with Crippen LogP contribution in [-0.2, 0) is 4.79 Å². The summed E-state index contributed by atoms with van der Waals surface area (Å²) in [6.07, 6.45) is 2.40. The van der Waals surface area contributed by atoms with Crippen LogP contribution in [0.25, 0.3) is 10.9 Å². The predicted octanol–water partition coefficient (Wildman–Crippen LogP) is 3.36. The number of hydrogen-bond donors (Lipinski definition) is 2. The zero-order valence-corrected chi connectivity index (χ0v) is 14.1. The van der Waals surface area contributed by atoms with Crippen LogP contribution in [0.4, 0.5) is 5.69 Å². The molecule has 6 heteroatoms. The molecule has 1 fully saturated rings. The number of nitrogens with zero attached hydrogens (tertiary/aromatic N) is 1. The number of anilines is 1. The number of halogens is 1. The summed E-state index contributed by atoms with van der Waals surface area (Å²) < 4.78 is 0. The molecule has 0 spiro atoms. The van der Waals surface area contributed by atoms with Crippen molar-refractivity contribution in [3.05, 3.63) is 65.3 Å². The van der Waals surface area contributed by atoms with Crippen LogP contribution in [-0.4, -0.2) is 29.4 Å². The lowest BCUT2D eigenvalue weighted by atomic mass is 10.1. The van der Waals surface area contributed by atoms with Crippen molar-refractivity contribution in [3.63, 3.8) is 0 Å². The average Bonchev–Trinajstić information content (AvgIpc) is 3.21. The summed E-state index contributed by atoms with van der Waals surface area (Å²) in [5.41, 5.74) is 2.18. The molecule has 1 aliphatic rings. The van der Waals surface area contributed by atoms with Gasteiger partial charge in [0.25, 0.3) is 5.91 Å². The number of nitrogens with one attached hydrogen (secondary N) is 2. The molecule has 1 saturated heterocycles. The van der Waals surface area contributed by atoms with Gasteiger partial charge in [-0.1, -0.05) is 23.7 Å². The number of amides is 2. The SMILES string of the molecule is O=C(NC1CCN(c2cccc(Cl)c2)C1=O)c1ccc2cc[nH]c2c1. The Morgan fingerprint density at radius 2 is 2.08 bits per heavy atom. The Labute approximate surface area is 149 Å². The van der Waals surface area contributed by atoms with E-state index in [0.29, 0.717) is 23.6 Å². The second-order valence-electron chi connectivity index (χ2n) is 6.06. The van der Waals surface area contributed by atoms with Gasteiger partial charge in [0.05, 0.1) is 0 Å². The molecule has 0 radical (unpaired) electrons. The maximum atomic E-state index is 12.6.